The molecule has 0 spiro atoms. The number of allylic oxidation sites excluding steroid dienone is 2. The van der Waals surface area contributed by atoms with Crippen LogP contribution in [0.5, 0.6) is 0 Å². The molecule has 22 heavy (non-hydrogen) atoms. The van der Waals surface area contributed by atoms with E-state index in [1.807, 2.05) is 13.8 Å². The van der Waals surface area contributed by atoms with Gasteiger partial charge in [0.1, 0.15) is 6.61 Å². The maximum absolute atomic E-state index is 12.9. The van der Waals surface area contributed by atoms with E-state index in [9.17, 15) is 8.42 Å². The summed E-state index contributed by atoms with van der Waals surface area (Å²) >= 11 is 0. The highest BCUT2D eigenvalue weighted by molar-refractivity contribution is 7.95. The van der Waals surface area contributed by atoms with Crippen LogP contribution < -0.4 is 0 Å². The van der Waals surface area contributed by atoms with Gasteiger partial charge in [0.05, 0.1) is 16.1 Å². The summed E-state index contributed by atoms with van der Waals surface area (Å²) in [5, 5.41) is 0. The highest BCUT2D eigenvalue weighted by Crippen LogP contribution is 2.29. The molecule has 1 atom stereocenters. The topological polar surface area (TPSA) is 43.4 Å². The lowest BCUT2D eigenvalue weighted by Crippen LogP contribution is -2.13. The summed E-state index contributed by atoms with van der Waals surface area (Å²) in [6.07, 6.45) is 6.14. The maximum atomic E-state index is 12.9. The Kier molecular flexibility index (Phi) is 7.12. The van der Waals surface area contributed by atoms with Crippen molar-refractivity contribution in [2.75, 3.05) is 6.61 Å². The quantitative estimate of drug-likeness (QED) is 0.384. The number of hydrogen-bond donors (Lipinski definition) is 0. The molecule has 0 radical (unpaired) electrons. The Morgan fingerprint density at radius 3 is 2.41 bits per heavy atom. The Labute approximate surface area is 133 Å². The molecule has 0 saturated carbocycles. The van der Waals surface area contributed by atoms with E-state index in [1.165, 1.54) is 6.26 Å². The third-order valence-corrected chi connectivity index (χ3v) is 5.22. The van der Waals surface area contributed by atoms with Crippen molar-refractivity contribution in [3.8, 4) is 0 Å². The van der Waals surface area contributed by atoms with Crippen LogP contribution in [0.2, 0.25) is 0 Å². The summed E-state index contributed by atoms with van der Waals surface area (Å²) in [6.45, 7) is 11.5. The Bertz CT molecular complexity index is 625. The fourth-order valence-electron chi connectivity index (χ4n) is 2.09. The van der Waals surface area contributed by atoms with Gasteiger partial charge in [0.25, 0.3) is 0 Å². The van der Waals surface area contributed by atoms with Gasteiger partial charge in [-0.2, -0.15) is 0 Å². The van der Waals surface area contributed by atoms with E-state index in [0.29, 0.717) is 6.42 Å². The summed E-state index contributed by atoms with van der Waals surface area (Å²) in [5.41, 5.74) is 1.02. The number of benzene rings is 1. The van der Waals surface area contributed by atoms with Crippen LogP contribution in [-0.4, -0.2) is 15.0 Å². The number of aryl methyl sites for hydroxylation is 1. The molecule has 0 N–H and O–H groups in total. The van der Waals surface area contributed by atoms with Crippen molar-refractivity contribution in [2.24, 2.45) is 5.92 Å². The van der Waals surface area contributed by atoms with Gasteiger partial charge in [0, 0.05) is 5.92 Å². The second-order valence-electron chi connectivity index (χ2n) is 5.09. The van der Waals surface area contributed by atoms with Gasteiger partial charge in [-0.15, -0.1) is 6.58 Å². The van der Waals surface area contributed by atoms with E-state index in [0.717, 1.165) is 12.0 Å². The van der Waals surface area contributed by atoms with E-state index in [2.05, 4.69) is 13.2 Å². The van der Waals surface area contributed by atoms with Gasteiger partial charge in [-0.05, 0) is 25.5 Å². The van der Waals surface area contributed by atoms with Crippen LogP contribution in [-0.2, 0) is 14.6 Å². The minimum atomic E-state index is -3.60. The van der Waals surface area contributed by atoms with Gasteiger partial charge < -0.3 is 4.74 Å². The molecular formula is C18H24O3S. The van der Waals surface area contributed by atoms with Crippen LogP contribution >= 0.6 is 0 Å². The van der Waals surface area contributed by atoms with E-state index in [-0.39, 0.29) is 22.3 Å². The third kappa shape index (κ3) is 4.60. The first-order valence-electron chi connectivity index (χ1n) is 7.34. The summed E-state index contributed by atoms with van der Waals surface area (Å²) in [6, 6.07) is 6.83. The molecule has 0 fully saturated rings. The van der Waals surface area contributed by atoms with Crippen molar-refractivity contribution in [1.29, 1.82) is 0 Å². The molecular weight excluding hydrogens is 296 g/mol. The molecule has 0 amide bonds. The first-order chi connectivity index (χ1) is 10.5. The predicted molar refractivity (Wildman–Crippen MR) is 91.2 cm³/mol. The Morgan fingerprint density at radius 2 is 1.91 bits per heavy atom. The van der Waals surface area contributed by atoms with Crippen molar-refractivity contribution >= 4 is 9.84 Å². The van der Waals surface area contributed by atoms with Crippen molar-refractivity contribution in [3.05, 3.63) is 66.3 Å². The molecule has 120 valence electrons. The zero-order chi connectivity index (χ0) is 16.6. The van der Waals surface area contributed by atoms with E-state index in [1.54, 1.807) is 36.4 Å². The number of rotatable bonds is 9. The number of ether oxygens (including phenoxy) is 1. The monoisotopic (exact) mass is 320 g/mol. The van der Waals surface area contributed by atoms with Crippen molar-refractivity contribution in [1.82, 2.24) is 0 Å². The Morgan fingerprint density at radius 1 is 1.27 bits per heavy atom. The second-order valence-corrected chi connectivity index (χ2v) is 7.04. The van der Waals surface area contributed by atoms with Crippen LogP contribution in [0.4, 0.5) is 0 Å². The molecule has 1 aromatic rings. The maximum Gasteiger partial charge on any atom is 0.206 e. The normalized spacial score (nSPS) is 13.5. The molecule has 1 rings (SSSR count). The third-order valence-electron chi connectivity index (χ3n) is 3.30. The van der Waals surface area contributed by atoms with Gasteiger partial charge in [-0.25, -0.2) is 8.42 Å². The van der Waals surface area contributed by atoms with Gasteiger partial charge in [-0.3, -0.25) is 0 Å². The molecule has 3 nitrogen and oxygen atoms in total. The smallest absolute Gasteiger partial charge is 0.206 e. The zero-order valence-electron chi connectivity index (χ0n) is 13.3. The fourth-order valence-corrected chi connectivity index (χ4v) is 3.66. The first-order valence-corrected chi connectivity index (χ1v) is 8.82. The highest BCUT2D eigenvalue weighted by Gasteiger charge is 2.26. The molecule has 0 heterocycles. The Hall–Kier alpha value is -1.81. The minimum Gasteiger partial charge on any atom is -0.496 e. The molecule has 0 aliphatic heterocycles. The van der Waals surface area contributed by atoms with Crippen LogP contribution in [0.25, 0.3) is 0 Å². The largest absolute Gasteiger partial charge is 0.496 e. The van der Waals surface area contributed by atoms with Crippen LogP contribution in [0, 0.1) is 12.8 Å². The minimum absolute atomic E-state index is 0.245. The highest BCUT2D eigenvalue weighted by atomic mass is 32.2. The molecule has 1 unspecified atom stereocenters. The lowest BCUT2D eigenvalue weighted by Gasteiger charge is -2.17. The molecule has 4 heteroatoms. The first kappa shape index (κ1) is 18.2. The van der Waals surface area contributed by atoms with E-state index < -0.39 is 9.84 Å². The SMILES string of the molecule is C=CCO/C=C(\C(C=C)CCC)S(=O)(=O)c1ccc(C)cc1. The molecule has 0 aromatic heterocycles. The van der Waals surface area contributed by atoms with Gasteiger partial charge >= 0.3 is 0 Å². The molecule has 0 aliphatic rings. The molecule has 1 aromatic carbocycles. The zero-order valence-corrected chi connectivity index (χ0v) is 14.1. The van der Waals surface area contributed by atoms with Crippen molar-refractivity contribution in [3.63, 3.8) is 0 Å². The average Bonchev–Trinajstić information content (AvgIpc) is 2.50. The second kappa shape index (κ2) is 8.59. The summed E-state index contributed by atoms with van der Waals surface area (Å²) in [4.78, 5) is 0.518. The van der Waals surface area contributed by atoms with E-state index >= 15 is 0 Å². The molecule has 0 saturated heterocycles. The van der Waals surface area contributed by atoms with Gasteiger partial charge in [-0.1, -0.05) is 49.8 Å². The van der Waals surface area contributed by atoms with Gasteiger partial charge in [0.15, 0.2) is 0 Å². The van der Waals surface area contributed by atoms with Gasteiger partial charge in [0.2, 0.25) is 9.84 Å². The summed E-state index contributed by atoms with van der Waals surface area (Å²) in [7, 11) is -3.60. The van der Waals surface area contributed by atoms with Crippen molar-refractivity contribution < 1.29 is 13.2 Å². The number of sulfone groups is 1. The lowest BCUT2D eigenvalue weighted by molar-refractivity contribution is 0.285. The fraction of sp³-hybridized carbons (Fsp3) is 0.333. The molecule has 0 aliphatic carbocycles. The van der Waals surface area contributed by atoms with Crippen molar-refractivity contribution in [2.45, 2.75) is 31.6 Å². The standard InChI is InChI=1S/C18H24O3S/c1-5-8-16(7-3)18(14-21-13-6-2)22(19,20)17-11-9-15(4)10-12-17/h6-7,9-12,14,16H,2-3,5,8,13H2,1,4H3/b18-14+. The van der Waals surface area contributed by atoms with Crippen LogP contribution in [0.15, 0.2) is 65.6 Å². The van der Waals surface area contributed by atoms with Crippen LogP contribution in [0.3, 0.4) is 0 Å². The number of hydrogen-bond acceptors (Lipinski definition) is 3. The Balaban J connectivity index is 3.28. The van der Waals surface area contributed by atoms with Crippen LogP contribution in [0.1, 0.15) is 25.3 Å². The lowest BCUT2D eigenvalue weighted by atomic mass is 10.0. The average molecular weight is 320 g/mol. The summed E-state index contributed by atoms with van der Waals surface area (Å²) in [5.74, 6) is -0.263. The summed E-state index contributed by atoms with van der Waals surface area (Å²) < 4.78 is 31.1. The van der Waals surface area contributed by atoms with E-state index in [4.69, 9.17) is 4.74 Å². The predicted octanol–water partition coefficient (Wildman–Crippen LogP) is 4.42. The molecule has 0 bridgehead atoms.